The average Bonchev–Trinajstić information content (AvgIpc) is 3.15. The minimum absolute atomic E-state index is 0.0994. The zero-order valence-corrected chi connectivity index (χ0v) is 14.3. The first kappa shape index (κ1) is 14.8. The number of nitrogens with zero attached hydrogens (tertiary/aromatic N) is 5. The van der Waals surface area contributed by atoms with Crippen LogP contribution >= 0.6 is 11.3 Å². The number of aliphatic hydroxyl groups excluding tert-OH is 1. The summed E-state index contributed by atoms with van der Waals surface area (Å²) in [6.45, 7) is 5.80. The van der Waals surface area contributed by atoms with E-state index in [0.717, 1.165) is 35.8 Å². The Balaban J connectivity index is 1.98. The SMILES string of the molecule is CCN(CCO)c1nc2sc3c(c2c2ncnn12)C[C@H](C)CC3. The van der Waals surface area contributed by atoms with Crippen molar-refractivity contribution in [1.82, 2.24) is 19.6 Å². The summed E-state index contributed by atoms with van der Waals surface area (Å²) in [7, 11) is 0. The molecule has 0 saturated heterocycles. The lowest BCUT2D eigenvalue weighted by Gasteiger charge is -2.21. The number of rotatable bonds is 4. The van der Waals surface area contributed by atoms with Gasteiger partial charge in [0.1, 0.15) is 11.2 Å². The third-order valence-electron chi connectivity index (χ3n) is 4.69. The van der Waals surface area contributed by atoms with E-state index in [4.69, 9.17) is 4.98 Å². The molecule has 0 saturated carbocycles. The van der Waals surface area contributed by atoms with Crippen molar-refractivity contribution < 1.29 is 5.11 Å². The van der Waals surface area contributed by atoms with Crippen molar-refractivity contribution in [2.45, 2.75) is 33.1 Å². The average molecular weight is 331 g/mol. The molecule has 0 radical (unpaired) electrons. The fourth-order valence-corrected chi connectivity index (χ4v) is 4.68. The van der Waals surface area contributed by atoms with Gasteiger partial charge in [-0.1, -0.05) is 6.92 Å². The number of likely N-dealkylation sites (N-methyl/N-ethyl adjacent to an activating group) is 1. The molecule has 23 heavy (non-hydrogen) atoms. The quantitative estimate of drug-likeness (QED) is 0.794. The molecule has 0 unspecified atom stereocenters. The number of hydrogen-bond acceptors (Lipinski definition) is 6. The normalized spacial score (nSPS) is 17.8. The number of aryl methyl sites for hydroxylation is 1. The Morgan fingerprint density at radius 3 is 3.13 bits per heavy atom. The van der Waals surface area contributed by atoms with Gasteiger partial charge in [-0.3, -0.25) is 0 Å². The summed E-state index contributed by atoms with van der Waals surface area (Å²) in [4.78, 5) is 14.0. The Morgan fingerprint density at radius 2 is 2.35 bits per heavy atom. The minimum atomic E-state index is 0.0994. The molecule has 0 fully saturated rings. The van der Waals surface area contributed by atoms with Gasteiger partial charge in [-0.15, -0.1) is 11.3 Å². The van der Waals surface area contributed by atoms with Crippen LogP contribution in [-0.4, -0.2) is 44.4 Å². The van der Waals surface area contributed by atoms with Gasteiger partial charge in [0, 0.05) is 18.0 Å². The van der Waals surface area contributed by atoms with E-state index in [2.05, 4.69) is 23.9 Å². The summed E-state index contributed by atoms with van der Waals surface area (Å²) in [6, 6.07) is 0. The van der Waals surface area contributed by atoms with E-state index >= 15 is 0 Å². The van der Waals surface area contributed by atoms with Crippen LogP contribution < -0.4 is 4.90 Å². The van der Waals surface area contributed by atoms with E-state index in [1.54, 1.807) is 17.7 Å². The number of thiophene rings is 1. The van der Waals surface area contributed by atoms with Crippen molar-refractivity contribution in [1.29, 1.82) is 0 Å². The second-order valence-corrected chi connectivity index (χ2v) is 7.33. The third-order valence-corrected chi connectivity index (χ3v) is 5.87. The number of aliphatic hydroxyl groups is 1. The first-order chi connectivity index (χ1) is 11.2. The predicted octanol–water partition coefficient (Wildman–Crippen LogP) is 2.28. The van der Waals surface area contributed by atoms with Gasteiger partial charge >= 0.3 is 0 Å². The highest BCUT2D eigenvalue weighted by molar-refractivity contribution is 7.19. The van der Waals surface area contributed by atoms with Gasteiger partial charge in [-0.2, -0.15) is 9.61 Å². The van der Waals surface area contributed by atoms with E-state index in [-0.39, 0.29) is 6.61 Å². The van der Waals surface area contributed by atoms with Crippen LogP contribution in [0.5, 0.6) is 0 Å². The molecular formula is C16H21N5OS. The molecule has 0 aliphatic heterocycles. The molecule has 3 aromatic rings. The van der Waals surface area contributed by atoms with Crippen LogP contribution in [-0.2, 0) is 12.8 Å². The summed E-state index contributed by atoms with van der Waals surface area (Å²) in [5.41, 5.74) is 2.32. The molecule has 0 spiro atoms. The first-order valence-corrected chi connectivity index (χ1v) is 9.04. The monoisotopic (exact) mass is 331 g/mol. The Labute approximate surface area is 138 Å². The van der Waals surface area contributed by atoms with Crippen LogP contribution in [0.1, 0.15) is 30.7 Å². The molecule has 122 valence electrons. The van der Waals surface area contributed by atoms with Crippen molar-refractivity contribution in [3.05, 3.63) is 16.8 Å². The second kappa shape index (κ2) is 5.72. The van der Waals surface area contributed by atoms with Gasteiger partial charge in [0.05, 0.1) is 12.0 Å². The van der Waals surface area contributed by atoms with Crippen molar-refractivity contribution in [2.75, 3.05) is 24.6 Å². The number of fused-ring (bicyclic) bond motifs is 5. The number of hydrogen-bond donors (Lipinski definition) is 1. The smallest absolute Gasteiger partial charge is 0.230 e. The van der Waals surface area contributed by atoms with E-state index < -0.39 is 0 Å². The maximum Gasteiger partial charge on any atom is 0.230 e. The van der Waals surface area contributed by atoms with Crippen LogP contribution in [0.3, 0.4) is 0 Å². The van der Waals surface area contributed by atoms with E-state index in [1.165, 1.54) is 22.2 Å². The largest absolute Gasteiger partial charge is 0.395 e. The number of anilines is 1. The molecule has 3 aromatic heterocycles. The first-order valence-electron chi connectivity index (χ1n) is 8.22. The van der Waals surface area contributed by atoms with Crippen molar-refractivity contribution >= 4 is 33.1 Å². The molecule has 1 atom stereocenters. The minimum Gasteiger partial charge on any atom is -0.395 e. The van der Waals surface area contributed by atoms with Gasteiger partial charge in [-0.05, 0) is 37.7 Å². The molecule has 4 rings (SSSR count). The molecular weight excluding hydrogens is 310 g/mol. The lowest BCUT2D eigenvalue weighted by atomic mass is 9.89. The van der Waals surface area contributed by atoms with Gasteiger partial charge in [0.15, 0.2) is 5.65 Å². The molecule has 0 amide bonds. The highest BCUT2D eigenvalue weighted by Crippen LogP contribution is 2.39. The standard InChI is InChI=1S/C16H21N5OS/c1-3-20(6-7-22)16-19-15-13(14-17-9-18-21(14)16)11-8-10(2)4-5-12(11)23-15/h9-10,22H,3-8H2,1-2H3/t10-/m1/s1. The van der Waals surface area contributed by atoms with Gasteiger partial charge in [0.25, 0.3) is 0 Å². The Hall–Kier alpha value is -1.73. The van der Waals surface area contributed by atoms with Crippen molar-refractivity contribution in [2.24, 2.45) is 5.92 Å². The molecule has 7 heteroatoms. The van der Waals surface area contributed by atoms with Crippen LogP contribution in [0.4, 0.5) is 5.95 Å². The molecule has 3 heterocycles. The van der Waals surface area contributed by atoms with E-state index in [1.807, 2.05) is 9.42 Å². The maximum atomic E-state index is 9.31. The highest BCUT2D eigenvalue weighted by atomic mass is 32.1. The predicted molar refractivity (Wildman–Crippen MR) is 92.3 cm³/mol. The van der Waals surface area contributed by atoms with Gasteiger partial charge < -0.3 is 10.0 Å². The molecule has 1 N–H and O–H groups in total. The third kappa shape index (κ3) is 2.30. The summed E-state index contributed by atoms with van der Waals surface area (Å²) >= 11 is 1.80. The zero-order valence-electron chi connectivity index (χ0n) is 13.5. The lowest BCUT2D eigenvalue weighted by Crippen LogP contribution is -2.29. The molecule has 0 bridgehead atoms. The van der Waals surface area contributed by atoms with Gasteiger partial charge in [0.2, 0.25) is 5.95 Å². The van der Waals surface area contributed by atoms with E-state index in [0.29, 0.717) is 12.5 Å². The summed E-state index contributed by atoms with van der Waals surface area (Å²) in [6.07, 6.45) is 5.10. The number of aromatic nitrogens is 4. The Morgan fingerprint density at radius 1 is 1.48 bits per heavy atom. The maximum absolute atomic E-state index is 9.31. The molecule has 0 aromatic carbocycles. The fraction of sp³-hybridized carbons (Fsp3) is 0.562. The molecule has 1 aliphatic rings. The molecule has 1 aliphatic carbocycles. The van der Waals surface area contributed by atoms with Gasteiger partial charge in [-0.25, -0.2) is 9.97 Å². The van der Waals surface area contributed by atoms with Crippen LogP contribution in [0, 0.1) is 5.92 Å². The Kier molecular flexibility index (Phi) is 3.69. The topological polar surface area (TPSA) is 66.5 Å². The van der Waals surface area contributed by atoms with Crippen LogP contribution in [0.25, 0.3) is 15.9 Å². The molecule has 6 nitrogen and oxygen atoms in total. The Bertz CT molecular complexity index is 855. The van der Waals surface area contributed by atoms with Crippen molar-refractivity contribution in [3.63, 3.8) is 0 Å². The summed E-state index contributed by atoms with van der Waals surface area (Å²) in [5.74, 6) is 1.48. The van der Waals surface area contributed by atoms with Crippen LogP contribution in [0.15, 0.2) is 6.33 Å². The second-order valence-electron chi connectivity index (χ2n) is 6.24. The van der Waals surface area contributed by atoms with Crippen LogP contribution in [0.2, 0.25) is 0 Å². The lowest BCUT2D eigenvalue weighted by molar-refractivity contribution is 0.301. The zero-order chi connectivity index (χ0) is 16.0. The summed E-state index contributed by atoms with van der Waals surface area (Å²) < 4.78 is 1.83. The highest BCUT2D eigenvalue weighted by Gasteiger charge is 2.25. The van der Waals surface area contributed by atoms with Crippen molar-refractivity contribution in [3.8, 4) is 0 Å². The summed E-state index contributed by atoms with van der Waals surface area (Å²) in [5, 5.41) is 14.9. The van der Waals surface area contributed by atoms with E-state index in [9.17, 15) is 5.11 Å². The fourth-order valence-electron chi connectivity index (χ4n) is 3.47.